The molecule has 1 amide bonds. The molecule has 2 aromatic rings. The molecule has 1 aliphatic rings. The molecule has 0 bridgehead atoms. The summed E-state index contributed by atoms with van der Waals surface area (Å²) in [5.74, 6) is 0. The van der Waals surface area contributed by atoms with Crippen molar-refractivity contribution in [2.45, 2.75) is 6.17 Å². The normalized spacial score (nSPS) is 16.7. The fraction of sp³-hybridized carbons (Fsp3) is 0.0714. The van der Waals surface area contributed by atoms with Gasteiger partial charge >= 0.3 is 6.09 Å². The molecule has 2 N–H and O–H groups in total. The second-order valence-corrected chi connectivity index (χ2v) is 5.17. The predicted molar refractivity (Wildman–Crippen MR) is 79.8 cm³/mol. The number of para-hydroxylation sites is 2. The fourth-order valence-electron chi connectivity index (χ4n) is 2.34. The van der Waals surface area contributed by atoms with Crippen LogP contribution >= 0.6 is 23.2 Å². The summed E-state index contributed by atoms with van der Waals surface area (Å²) in [6, 6.07) is 12.3. The van der Waals surface area contributed by atoms with E-state index >= 15 is 0 Å². The zero-order chi connectivity index (χ0) is 14.3. The summed E-state index contributed by atoms with van der Waals surface area (Å²) in [6.45, 7) is 0. The number of nitrogens with one attached hydrogen (secondary N) is 1. The van der Waals surface area contributed by atoms with Crippen LogP contribution in [0.25, 0.3) is 0 Å². The van der Waals surface area contributed by atoms with Crippen molar-refractivity contribution in [2.75, 3.05) is 10.2 Å². The van der Waals surface area contributed by atoms with Crippen LogP contribution in [0.5, 0.6) is 0 Å². The molecule has 102 valence electrons. The third-order valence-corrected chi connectivity index (χ3v) is 3.85. The van der Waals surface area contributed by atoms with Gasteiger partial charge in [0.2, 0.25) is 0 Å². The van der Waals surface area contributed by atoms with Gasteiger partial charge in [0.1, 0.15) is 6.17 Å². The SMILES string of the molecule is O=C(O)N1c2ccccc2NC1c1c(Cl)cccc1Cl. The Morgan fingerprint density at radius 3 is 2.40 bits per heavy atom. The van der Waals surface area contributed by atoms with Crippen LogP contribution in [0.4, 0.5) is 16.2 Å². The Balaban J connectivity index is 2.14. The van der Waals surface area contributed by atoms with E-state index in [-0.39, 0.29) is 0 Å². The molecule has 20 heavy (non-hydrogen) atoms. The van der Waals surface area contributed by atoms with Crippen molar-refractivity contribution in [2.24, 2.45) is 0 Å². The zero-order valence-electron chi connectivity index (χ0n) is 10.2. The van der Waals surface area contributed by atoms with Gasteiger partial charge in [0.15, 0.2) is 0 Å². The lowest BCUT2D eigenvalue weighted by atomic mass is 10.1. The topological polar surface area (TPSA) is 52.6 Å². The maximum absolute atomic E-state index is 11.6. The maximum atomic E-state index is 11.6. The number of rotatable bonds is 1. The van der Waals surface area contributed by atoms with E-state index in [4.69, 9.17) is 23.2 Å². The second kappa shape index (κ2) is 4.89. The number of fused-ring (bicyclic) bond motifs is 1. The van der Waals surface area contributed by atoms with E-state index in [1.54, 1.807) is 30.3 Å². The van der Waals surface area contributed by atoms with Crippen LogP contribution in [0.1, 0.15) is 11.7 Å². The van der Waals surface area contributed by atoms with Crippen molar-refractivity contribution in [1.82, 2.24) is 0 Å². The molecule has 1 unspecified atom stereocenters. The first-order chi connectivity index (χ1) is 9.59. The highest BCUT2D eigenvalue weighted by atomic mass is 35.5. The Labute approximate surface area is 125 Å². The van der Waals surface area contributed by atoms with Crippen LogP contribution < -0.4 is 10.2 Å². The van der Waals surface area contributed by atoms with Crippen molar-refractivity contribution in [3.05, 3.63) is 58.1 Å². The van der Waals surface area contributed by atoms with Gasteiger partial charge in [0, 0.05) is 15.6 Å². The van der Waals surface area contributed by atoms with Crippen molar-refractivity contribution < 1.29 is 9.90 Å². The number of hydrogen-bond acceptors (Lipinski definition) is 2. The molecule has 0 saturated heterocycles. The Bertz CT molecular complexity index is 670. The Kier molecular flexibility index (Phi) is 3.20. The van der Waals surface area contributed by atoms with Gasteiger partial charge in [-0.1, -0.05) is 41.4 Å². The molecule has 6 heteroatoms. The van der Waals surface area contributed by atoms with Gasteiger partial charge in [-0.05, 0) is 24.3 Å². The number of carbonyl (C=O) groups is 1. The van der Waals surface area contributed by atoms with E-state index < -0.39 is 12.3 Å². The van der Waals surface area contributed by atoms with E-state index in [1.807, 2.05) is 12.1 Å². The Morgan fingerprint density at radius 2 is 1.75 bits per heavy atom. The molecule has 0 spiro atoms. The quantitative estimate of drug-likeness (QED) is 0.809. The van der Waals surface area contributed by atoms with E-state index in [2.05, 4.69) is 5.32 Å². The van der Waals surface area contributed by atoms with Crippen molar-refractivity contribution >= 4 is 40.7 Å². The molecule has 0 aliphatic carbocycles. The first-order valence-corrected chi connectivity index (χ1v) is 6.67. The lowest BCUT2D eigenvalue weighted by molar-refractivity contribution is 0.200. The van der Waals surface area contributed by atoms with Crippen molar-refractivity contribution in [3.63, 3.8) is 0 Å². The smallest absolute Gasteiger partial charge is 0.413 e. The van der Waals surface area contributed by atoms with Crippen LogP contribution in [0.15, 0.2) is 42.5 Å². The van der Waals surface area contributed by atoms with Crippen LogP contribution in [0.2, 0.25) is 10.0 Å². The zero-order valence-corrected chi connectivity index (χ0v) is 11.7. The second-order valence-electron chi connectivity index (χ2n) is 4.35. The number of hydrogen-bond donors (Lipinski definition) is 2. The van der Waals surface area contributed by atoms with E-state index in [9.17, 15) is 9.90 Å². The molecular weight excluding hydrogens is 299 g/mol. The van der Waals surface area contributed by atoms with Crippen LogP contribution in [-0.2, 0) is 0 Å². The molecule has 1 heterocycles. The number of benzene rings is 2. The van der Waals surface area contributed by atoms with Crippen LogP contribution in [-0.4, -0.2) is 11.2 Å². The number of amides is 1. The summed E-state index contributed by atoms with van der Waals surface area (Å²) in [5, 5.41) is 13.5. The largest absolute Gasteiger partial charge is 0.465 e. The van der Waals surface area contributed by atoms with Crippen molar-refractivity contribution in [3.8, 4) is 0 Å². The number of anilines is 2. The predicted octanol–water partition coefficient (Wildman–Crippen LogP) is 4.60. The third-order valence-electron chi connectivity index (χ3n) is 3.19. The molecular formula is C14H10Cl2N2O2. The highest BCUT2D eigenvalue weighted by Gasteiger charge is 2.36. The monoisotopic (exact) mass is 308 g/mol. The standard InChI is InChI=1S/C14H10Cl2N2O2/c15-8-4-3-5-9(16)12(8)13-17-10-6-1-2-7-11(10)18(13)14(19)20/h1-7,13,17H,(H,19,20). The van der Waals surface area contributed by atoms with Gasteiger partial charge in [-0.2, -0.15) is 0 Å². The van der Waals surface area contributed by atoms with Gasteiger partial charge in [0.25, 0.3) is 0 Å². The maximum Gasteiger partial charge on any atom is 0.413 e. The fourth-order valence-corrected chi connectivity index (χ4v) is 2.95. The summed E-state index contributed by atoms with van der Waals surface area (Å²) in [5.41, 5.74) is 1.87. The van der Waals surface area contributed by atoms with Crippen LogP contribution in [0, 0.1) is 0 Å². The van der Waals surface area contributed by atoms with E-state index in [0.717, 1.165) is 5.69 Å². The van der Waals surface area contributed by atoms with Gasteiger partial charge < -0.3 is 10.4 Å². The lowest BCUT2D eigenvalue weighted by Crippen LogP contribution is -2.33. The average molecular weight is 309 g/mol. The molecule has 2 aromatic carbocycles. The van der Waals surface area contributed by atoms with Gasteiger partial charge in [-0.3, -0.25) is 4.90 Å². The Hall–Kier alpha value is -1.91. The summed E-state index contributed by atoms with van der Waals surface area (Å²) < 4.78 is 0. The van der Waals surface area contributed by atoms with Gasteiger partial charge in [0.05, 0.1) is 11.4 Å². The minimum absolute atomic E-state index is 0.425. The molecule has 1 atom stereocenters. The summed E-state index contributed by atoms with van der Waals surface area (Å²) in [4.78, 5) is 12.8. The molecule has 4 nitrogen and oxygen atoms in total. The molecule has 0 fully saturated rings. The summed E-state index contributed by atoms with van der Waals surface area (Å²) >= 11 is 12.4. The molecule has 3 rings (SSSR count). The highest BCUT2D eigenvalue weighted by molar-refractivity contribution is 6.36. The van der Waals surface area contributed by atoms with E-state index in [0.29, 0.717) is 21.3 Å². The van der Waals surface area contributed by atoms with Gasteiger partial charge in [-0.15, -0.1) is 0 Å². The van der Waals surface area contributed by atoms with E-state index in [1.165, 1.54) is 4.90 Å². The number of carboxylic acid groups (broad SMARTS) is 1. The average Bonchev–Trinajstić information content (AvgIpc) is 2.77. The first-order valence-electron chi connectivity index (χ1n) is 5.91. The molecule has 1 aliphatic heterocycles. The number of halogens is 2. The van der Waals surface area contributed by atoms with Crippen molar-refractivity contribution in [1.29, 1.82) is 0 Å². The lowest BCUT2D eigenvalue weighted by Gasteiger charge is -2.24. The summed E-state index contributed by atoms with van der Waals surface area (Å²) in [7, 11) is 0. The Morgan fingerprint density at radius 1 is 1.10 bits per heavy atom. The molecule has 0 saturated carbocycles. The molecule has 0 aromatic heterocycles. The minimum atomic E-state index is -1.07. The first kappa shape index (κ1) is 13.1. The minimum Gasteiger partial charge on any atom is -0.465 e. The van der Waals surface area contributed by atoms with Gasteiger partial charge in [-0.25, -0.2) is 4.79 Å². The van der Waals surface area contributed by atoms with Crippen LogP contribution in [0.3, 0.4) is 0 Å². The number of nitrogens with zero attached hydrogens (tertiary/aromatic N) is 1. The summed E-state index contributed by atoms with van der Waals surface area (Å²) in [6.07, 6.45) is -1.70. The molecule has 0 radical (unpaired) electrons. The highest BCUT2D eigenvalue weighted by Crippen LogP contribution is 2.44. The third kappa shape index (κ3) is 1.97.